The zero-order chi connectivity index (χ0) is 31.9. The third-order valence-corrected chi connectivity index (χ3v) is 8.89. The first-order valence-corrected chi connectivity index (χ1v) is 15.5. The van der Waals surface area contributed by atoms with E-state index in [2.05, 4.69) is 25.0 Å². The lowest BCUT2D eigenvalue weighted by Crippen LogP contribution is -2.46. The van der Waals surface area contributed by atoms with Crippen LogP contribution in [0, 0.1) is 6.42 Å². The van der Waals surface area contributed by atoms with Crippen LogP contribution in [0.15, 0.2) is 47.0 Å². The highest BCUT2D eigenvalue weighted by Crippen LogP contribution is 2.36. The molecule has 0 saturated carbocycles. The number of imidazole rings is 2. The minimum Gasteiger partial charge on any atom is -0.453 e. The summed E-state index contributed by atoms with van der Waals surface area (Å²) in [5.74, 6) is 2.30. The van der Waals surface area contributed by atoms with Crippen LogP contribution < -0.4 is 5.32 Å². The molecule has 3 atom stereocenters. The SMILES string of the molecule is C[CH]C(=O)N1CCC[C@H]1c1nc2cc(-c3cnc(-c4cccc5[nH]c([C@@H]6CCCN6C(=O)[C@H](C)NC(=O)OC)nc45)o3)ccc2[nH]1. The number of alkyl carbamates (subject to hydrolysis) is 1. The molecule has 2 saturated heterocycles. The molecule has 5 heterocycles. The second kappa shape index (κ2) is 12.0. The Morgan fingerprint density at radius 3 is 2.54 bits per heavy atom. The van der Waals surface area contributed by atoms with Crippen molar-refractivity contribution in [2.24, 2.45) is 0 Å². The lowest BCUT2D eigenvalue weighted by Gasteiger charge is -2.26. The van der Waals surface area contributed by atoms with E-state index >= 15 is 0 Å². The van der Waals surface area contributed by atoms with Gasteiger partial charge in [0, 0.05) is 25.1 Å². The van der Waals surface area contributed by atoms with Gasteiger partial charge in [0.1, 0.15) is 23.2 Å². The number of likely N-dealkylation sites (tertiary alicyclic amines) is 2. The number of amides is 3. The molecule has 13 nitrogen and oxygen atoms in total. The average Bonchev–Trinajstić information content (AvgIpc) is 3.90. The van der Waals surface area contributed by atoms with Crippen molar-refractivity contribution in [2.75, 3.05) is 20.2 Å². The van der Waals surface area contributed by atoms with Gasteiger partial charge in [0.15, 0.2) is 5.76 Å². The Hall–Kier alpha value is -5.20. The van der Waals surface area contributed by atoms with E-state index in [-0.39, 0.29) is 23.9 Å². The second-order valence-corrected chi connectivity index (χ2v) is 11.7. The number of benzene rings is 2. The predicted molar refractivity (Wildman–Crippen MR) is 169 cm³/mol. The van der Waals surface area contributed by atoms with Crippen molar-refractivity contribution < 1.29 is 23.5 Å². The van der Waals surface area contributed by atoms with Crippen LogP contribution in [-0.2, 0) is 14.3 Å². The van der Waals surface area contributed by atoms with Crippen molar-refractivity contribution in [3.63, 3.8) is 0 Å². The van der Waals surface area contributed by atoms with Gasteiger partial charge in [-0.25, -0.2) is 19.7 Å². The summed E-state index contributed by atoms with van der Waals surface area (Å²) in [6.45, 7) is 4.71. The van der Waals surface area contributed by atoms with Crippen LogP contribution in [0.2, 0.25) is 0 Å². The number of rotatable bonds is 7. The Kier molecular flexibility index (Phi) is 7.67. The zero-order valence-corrected chi connectivity index (χ0v) is 25.9. The van der Waals surface area contributed by atoms with Crippen LogP contribution in [-0.4, -0.2) is 78.9 Å². The molecule has 2 aliphatic heterocycles. The smallest absolute Gasteiger partial charge is 0.407 e. The minimum absolute atomic E-state index is 0.0217. The molecule has 46 heavy (non-hydrogen) atoms. The van der Waals surface area contributed by atoms with Crippen LogP contribution in [0.25, 0.3) is 44.8 Å². The molecular formula is C33H35N8O5. The maximum Gasteiger partial charge on any atom is 0.407 e. The van der Waals surface area contributed by atoms with Crippen LogP contribution in [0.4, 0.5) is 4.79 Å². The van der Waals surface area contributed by atoms with Gasteiger partial charge in [0.2, 0.25) is 17.7 Å². The van der Waals surface area contributed by atoms with E-state index in [4.69, 9.17) is 14.4 Å². The molecule has 0 bridgehead atoms. The number of carbonyl (C=O) groups is 3. The maximum atomic E-state index is 13.2. The molecule has 5 aromatic rings. The van der Waals surface area contributed by atoms with Gasteiger partial charge in [-0.15, -0.1) is 0 Å². The van der Waals surface area contributed by atoms with Crippen molar-refractivity contribution in [3.8, 4) is 22.8 Å². The largest absolute Gasteiger partial charge is 0.453 e. The van der Waals surface area contributed by atoms with Gasteiger partial charge < -0.3 is 34.2 Å². The summed E-state index contributed by atoms with van der Waals surface area (Å²) in [5.41, 5.74) is 4.73. The molecule has 3 amide bonds. The van der Waals surface area contributed by atoms with Crippen LogP contribution in [0.1, 0.15) is 63.3 Å². The summed E-state index contributed by atoms with van der Waals surface area (Å²) >= 11 is 0. The summed E-state index contributed by atoms with van der Waals surface area (Å²) in [4.78, 5) is 62.0. The zero-order valence-electron chi connectivity index (χ0n) is 25.9. The van der Waals surface area contributed by atoms with E-state index in [9.17, 15) is 14.4 Å². The highest BCUT2D eigenvalue weighted by atomic mass is 16.5. The molecule has 3 aromatic heterocycles. The Balaban J connectivity index is 1.14. The van der Waals surface area contributed by atoms with Crippen LogP contribution >= 0.6 is 0 Å². The summed E-state index contributed by atoms with van der Waals surface area (Å²) in [7, 11) is 1.27. The van der Waals surface area contributed by atoms with Gasteiger partial charge in [-0.3, -0.25) is 9.59 Å². The lowest BCUT2D eigenvalue weighted by molar-refractivity contribution is -0.134. The van der Waals surface area contributed by atoms with Crippen LogP contribution in [0.5, 0.6) is 0 Å². The number of hydrogen-bond acceptors (Lipinski definition) is 8. The van der Waals surface area contributed by atoms with Gasteiger partial charge in [0.05, 0.1) is 47.5 Å². The number of carbonyl (C=O) groups excluding carboxylic acids is 3. The van der Waals surface area contributed by atoms with E-state index in [0.717, 1.165) is 65.7 Å². The monoisotopic (exact) mass is 623 g/mol. The van der Waals surface area contributed by atoms with Crippen molar-refractivity contribution >= 4 is 40.0 Å². The normalized spacial score (nSPS) is 18.8. The number of oxazole rings is 1. The number of methoxy groups -OCH3 is 1. The molecule has 0 spiro atoms. The number of ether oxygens (including phenoxy) is 1. The quantitative estimate of drug-likeness (QED) is 0.227. The average molecular weight is 624 g/mol. The first-order chi connectivity index (χ1) is 22.3. The maximum absolute atomic E-state index is 13.2. The van der Waals surface area contributed by atoms with Gasteiger partial charge >= 0.3 is 6.09 Å². The molecule has 7 rings (SSSR count). The minimum atomic E-state index is -0.729. The number of fused-ring (bicyclic) bond motifs is 2. The van der Waals surface area contributed by atoms with Crippen molar-refractivity contribution in [1.29, 1.82) is 0 Å². The fourth-order valence-corrected chi connectivity index (χ4v) is 6.59. The molecule has 0 aliphatic carbocycles. The molecule has 3 N–H and O–H groups in total. The van der Waals surface area contributed by atoms with E-state index < -0.39 is 12.1 Å². The fourth-order valence-electron chi connectivity index (χ4n) is 6.59. The van der Waals surface area contributed by atoms with E-state index in [0.29, 0.717) is 29.5 Å². The van der Waals surface area contributed by atoms with Crippen molar-refractivity contribution in [3.05, 3.63) is 60.7 Å². The number of aromatic nitrogens is 5. The predicted octanol–water partition coefficient (Wildman–Crippen LogP) is 5.06. The summed E-state index contributed by atoms with van der Waals surface area (Å²) < 4.78 is 10.9. The summed E-state index contributed by atoms with van der Waals surface area (Å²) in [6, 6.07) is 10.6. The lowest BCUT2D eigenvalue weighted by atomic mass is 10.1. The van der Waals surface area contributed by atoms with Gasteiger partial charge in [-0.1, -0.05) is 13.0 Å². The molecule has 2 aliphatic rings. The molecule has 1 radical (unpaired) electrons. The first-order valence-electron chi connectivity index (χ1n) is 15.5. The number of nitrogens with one attached hydrogen (secondary N) is 3. The number of nitrogens with zero attached hydrogens (tertiary/aromatic N) is 5. The number of H-pyrrole nitrogens is 2. The molecule has 0 unspecified atom stereocenters. The molecule has 13 heteroatoms. The third-order valence-electron chi connectivity index (χ3n) is 8.89. The third kappa shape index (κ3) is 5.25. The first kappa shape index (κ1) is 29.5. The molecular weight excluding hydrogens is 588 g/mol. The second-order valence-electron chi connectivity index (χ2n) is 11.7. The van der Waals surface area contributed by atoms with E-state index in [1.807, 2.05) is 41.3 Å². The topological polar surface area (TPSA) is 162 Å². The van der Waals surface area contributed by atoms with Gasteiger partial charge in [-0.2, -0.15) is 0 Å². The Bertz CT molecular complexity index is 1940. The highest BCUT2D eigenvalue weighted by Gasteiger charge is 2.35. The number of hydrogen-bond donors (Lipinski definition) is 3. The number of aromatic amines is 2. The number of para-hydroxylation sites is 1. The van der Waals surface area contributed by atoms with Crippen molar-refractivity contribution in [2.45, 2.75) is 57.7 Å². The van der Waals surface area contributed by atoms with E-state index in [1.165, 1.54) is 7.11 Å². The van der Waals surface area contributed by atoms with E-state index in [1.54, 1.807) is 31.4 Å². The van der Waals surface area contributed by atoms with Crippen LogP contribution in [0.3, 0.4) is 0 Å². The Morgan fingerprint density at radius 1 is 1.02 bits per heavy atom. The fraction of sp³-hybridized carbons (Fsp3) is 0.364. The van der Waals surface area contributed by atoms with Gasteiger partial charge in [0.25, 0.3) is 0 Å². The Labute approximate surface area is 264 Å². The summed E-state index contributed by atoms with van der Waals surface area (Å²) in [6.07, 6.45) is 6.04. The Morgan fingerprint density at radius 2 is 1.76 bits per heavy atom. The molecule has 237 valence electrons. The molecule has 2 fully saturated rings. The summed E-state index contributed by atoms with van der Waals surface area (Å²) in [5, 5.41) is 2.56. The standard InChI is InChI=1S/C33H35N8O5/c1-4-27(42)40-14-6-10-24(40)29-36-21-13-12-19(16-23(21)38-29)26-17-34-31(46-26)20-8-5-9-22-28(20)39-30(37-22)25-11-7-15-41(25)32(43)18(2)35-33(44)45-3/h4-5,8-9,12-13,16-18,24-25H,6-7,10-11,14-15H2,1-3H3,(H,35,44)(H,36,38)(H,37,39)/t18-,24-,25-/m0/s1. The molecule has 2 aromatic carbocycles. The van der Waals surface area contributed by atoms with Gasteiger partial charge in [-0.05, 0) is 62.9 Å². The van der Waals surface area contributed by atoms with Crippen molar-refractivity contribution in [1.82, 2.24) is 40.0 Å². The highest BCUT2D eigenvalue weighted by molar-refractivity contribution is 5.91.